The minimum absolute atomic E-state index is 0.0595. The van der Waals surface area contributed by atoms with Crippen LogP contribution in [0.3, 0.4) is 0 Å². The molecular formula is C13H14ClF2N3O. The quantitative estimate of drug-likeness (QED) is 0.498. The largest absolute Gasteiger partial charge is 0.434 e. The highest BCUT2D eigenvalue weighted by atomic mass is 35.5. The number of guanidine groups is 1. The fourth-order valence-electron chi connectivity index (χ4n) is 1.43. The minimum atomic E-state index is -2.89. The molecule has 0 radical (unpaired) electrons. The zero-order valence-electron chi connectivity index (χ0n) is 10.8. The van der Waals surface area contributed by atoms with Crippen molar-refractivity contribution in [2.75, 3.05) is 13.6 Å². The molecule has 108 valence electrons. The fraction of sp³-hybridized carbons (Fsp3) is 0.308. The third-order valence-electron chi connectivity index (χ3n) is 2.27. The topological polar surface area (TPSA) is 45.7 Å². The third kappa shape index (κ3) is 5.33. The molecule has 1 aromatic carbocycles. The number of hydrogen-bond acceptors (Lipinski definition) is 2. The van der Waals surface area contributed by atoms with Crippen molar-refractivity contribution in [3.8, 4) is 18.1 Å². The lowest BCUT2D eigenvalue weighted by Gasteiger charge is -2.14. The SMILES string of the molecule is C#CCNC(=NC)NCc1cc(Cl)ccc1OC(F)F. The first-order valence-electron chi connectivity index (χ1n) is 5.68. The Kier molecular flexibility index (Phi) is 6.60. The standard InChI is InChI=1S/C13H14ClF2N3O/c1-3-6-18-13(17-2)19-8-9-7-10(14)4-5-11(9)20-12(15)16/h1,4-5,7,12H,6,8H2,2H3,(H2,17,18,19). The van der Waals surface area contributed by atoms with Gasteiger partial charge in [-0.2, -0.15) is 8.78 Å². The van der Waals surface area contributed by atoms with Crippen molar-refractivity contribution in [2.45, 2.75) is 13.2 Å². The number of ether oxygens (including phenoxy) is 1. The number of hydrogen-bond donors (Lipinski definition) is 2. The molecule has 0 fully saturated rings. The van der Waals surface area contributed by atoms with Crippen molar-refractivity contribution in [2.24, 2.45) is 4.99 Å². The molecule has 0 saturated carbocycles. The molecule has 0 aliphatic heterocycles. The summed E-state index contributed by atoms with van der Waals surface area (Å²) in [4.78, 5) is 3.93. The van der Waals surface area contributed by atoms with E-state index in [0.717, 1.165) is 0 Å². The van der Waals surface area contributed by atoms with E-state index in [0.29, 0.717) is 23.1 Å². The molecule has 0 aliphatic rings. The summed E-state index contributed by atoms with van der Waals surface area (Å²) < 4.78 is 29.0. The number of benzene rings is 1. The molecule has 1 aromatic rings. The summed E-state index contributed by atoms with van der Waals surface area (Å²) in [7, 11) is 1.57. The van der Waals surface area contributed by atoms with Crippen molar-refractivity contribution in [1.29, 1.82) is 0 Å². The number of alkyl halides is 2. The lowest BCUT2D eigenvalue weighted by molar-refractivity contribution is -0.0504. The molecule has 0 aromatic heterocycles. The Bertz CT molecular complexity index is 515. The summed E-state index contributed by atoms with van der Waals surface area (Å²) >= 11 is 5.84. The molecule has 0 bridgehead atoms. The summed E-state index contributed by atoms with van der Waals surface area (Å²) in [6.45, 7) is -2.38. The van der Waals surface area contributed by atoms with Gasteiger partial charge in [0, 0.05) is 24.2 Å². The summed E-state index contributed by atoms with van der Waals surface area (Å²) in [5.74, 6) is 2.91. The average Bonchev–Trinajstić information content (AvgIpc) is 2.41. The maximum Gasteiger partial charge on any atom is 0.387 e. The monoisotopic (exact) mass is 301 g/mol. The van der Waals surface area contributed by atoms with Crippen LogP contribution in [0, 0.1) is 12.3 Å². The van der Waals surface area contributed by atoms with Gasteiger partial charge in [-0.1, -0.05) is 17.5 Å². The van der Waals surface area contributed by atoms with Crippen LogP contribution in [-0.4, -0.2) is 26.2 Å². The van der Waals surface area contributed by atoms with Gasteiger partial charge in [-0.3, -0.25) is 4.99 Å². The first-order chi connectivity index (χ1) is 9.56. The summed E-state index contributed by atoms with van der Waals surface area (Å²) in [6.07, 6.45) is 5.12. The van der Waals surface area contributed by atoms with E-state index in [1.54, 1.807) is 13.1 Å². The Hall–Kier alpha value is -2.00. The molecule has 0 saturated heterocycles. The number of aliphatic imine (C=N–C) groups is 1. The van der Waals surface area contributed by atoms with Crippen LogP contribution in [-0.2, 0) is 6.54 Å². The normalized spacial score (nSPS) is 11.1. The van der Waals surface area contributed by atoms with Gasteiger partial charge >= 0.3 is 6.61 Å². The van der Waals surface area contributed by atoms with Crippen molar-refractivity contribution >= 4 is 17.6 Å². The third-order valence-corrected chi connectivity index (χ3v) is 2.50. The molecule has 0 amide bonds. The van der Waals surface area contributed by atoms with Crippen LogP contribution in [0.4, 0.5) is 8.78 Å². The van der Waals surface area contributed by atoms with Gasteiger partial charge in [-0.25, -0.2) is 0 Å². The maximum absolute atomic E-state index is 12.3. The van der Waals surface area contributed by atoms with E-state index in [1.807, 2.05) is 0 Å². The second-order valence-corrected chi connectivity index (χ2v) is 4.05. The number of halogens is 3. The van der Waals surface area contributed by atoms with E-state index in [9.17, 15) is 8.78 Å². The minimum Gasteiger partial charge on any atom is -0.434 e. The lowest BCUT2D eigenvalue weighted by Crippen LogP contribution is -2.37. The van der Waals surface area contributed by atoms with Crippen LogP contribution < -0.4 is 15.4 Å². The molecule has 0 spiro atoms. The van der Waals surface area contributed by atoms with Gasteiger partial charge in [-0.15, -0.1) is 6.42 Å². The van der Waals surface area contributed by atoms with Gasteiger partial charge in [0.2, 0.25) is 0 Å². The van der Waals surface area contributed by atoms with Crippen LogP contribution in [0.2, 0.25) is 5.02 Å². The Balaban J connectivity index is 2.75. The predicted molar refractivity (Wildman–Crippen MR) is 75.1 cm³/mol. The molecule has 0 aliphatic carbocycles. The van der Waals surface area contributed by atoms with E-state index in [-0.39, 0.29) is 12.3 Å². The van der Waals surface area contributed by atoms with Crippen molar-refractivity contribution in [3.63, 3.8) is 0 Å². The summed E-state index contributed by atoms with van der Waals surface area (Å²) in [6, 6.07) is 4.41. The number of rotatable bonds is 5. The Morgan fingerprint density at radius 2 is 2.25 bits per heavy atom. The van der Waals surface area contributed by atoms with Crippen molar-refractivity contribution < 1.29 is 13.5 Å². The van der Waals surface area contributed by atoms with E-state index >= 15 is 0 Å². The highest BCUT2D eigenvalue weighted by Gasteiger charge is 2.10. The van der Waals surface area contributed by atoms with E-state index in [1.165, 1.54) is 12.1 Å². The Morgan fingerprint density at radius 1 is 1.50 bits per heavy atom. The van der Waals surface area contributed by atoms with Crippen LogP contribution in [0.1, 0.15) is 5.56 Å². The van der Waals surface area contributed by atoms with Gasteiger partial charge in [0.05, 0.1) is 6.54 Å². The summed E-state index contributed by atoms with van der Waals surface area (Å²) in [5.41, 5.74) is 0.487. The number of nitrogens with one attached hydrogen (secondary N) is 2. The molecule has 4 nitrogen and oxygen atoms in total. The van der Waals surface area contributed by atoms with E-state index in [2.05, 4.69) is 26.3 Å². The molecule has 0 heterocycles. The molecule has 0 unspecified atom stereocenters. The van der Waals surface area contributed by atoms with Gasteiger partial charge in [0.25, 0.3) is 0 Å². The second-order valence-electron chi connectivity index (χ2n) is 3.61. The lowest BCUT2D eigenvalue weighted by atomic mass is 10.2. The van der Waals surface area contributed by atoms with Gasteiger partial charge in [-0.05, 0) is 18.2 Å². The molecule has 20 heavy (non-hydrogen) atoms. The van der Waals surface area contributed by atoms with Crippen molar-refractivity contribution in [1.82, 2.24) is 10.6 Å². The fourth-order valence-corrected chi connectivity index (χ4v) is 1.63. The average molecular weight is 302 g/mol. The maximum atomic E-state index is 12.3. The van der Waals surface area contributed by atoms with Crippen LogP contribution in [0.25, 0.3) is 0 Å². The Labute approximate surface area is 121 Å². The Morgan fingerprint density at radius 3 is 2.85 bits per heavy atom. The van der Waals surface area contributed by atoms with E-state index in [4.69, 9.17) is 18.0 Å². The zero-order chi connectivity index (χ0) is 15.0. The molecule has 7 heteroatoms. The van der Waals surface area contributed by atoms with Crippen LogP contribution in [0.5, 0.6) is 5.75 Å². The molecular weight excluding hydrogens is 288 g/mol. The van der Waals surface area contributed by atoms with Crippen LogP contribution in [0.15, 0.2) is 23.2 Å². The number of nitrogens with zero attached hydrogens (tertiary/aromatic N) is 1. The number of terminal acetylenes is 1. The second kappa shape index (κ2) is 8.23. The molecule has 2 N–H and O–H groups in total. The van der Waals surface area contributed by atoms with Crippen molar-refractivity contribution in [3.05, 3.63) is 28.8 Å². The zero-order valence-corrected chi connectivity index (χ0v) is 11.5. The van der Waals surface area contributed by atoms with Gasteiger partial charge in [0.15, 0.2) is 5.96 Å². The summed E-state index contributed by atoms with van der Waals surface area (Å²) in [5, 5.41) is 6.19. The highest BCUT2D eigenvalue weighted by molar-refractivity contribution is 6.30. The van der Waals surface area contributed by atoms with Gasteiger partial charge < -0.3 is 15.4 Å². The highest BCUT2D eigenvalue weighted by Crippen LogP contribution is 2.24. The van der Waals surface area contributed by atoms with E-state index < -0.39 is 6.61 Å². The molecule has 1 rings (SSSR count). The predicted octanol–water partition coefficient (Wildman–Crippen LogP) is 2.24. The van der Waals surface area contributed by atoms with Gasteiger partial charge in [0.1, 0.15) is 5.75 Å². The van der Waals surface area contributed by atoms with Crippen LogP contribution >= 0.6 is 11.6 Å². The smallest absolute Gasteiger partial charge is 0.387 e. The first kappa shape index (κ1) is 16.1. The molecule has 0 atom stereocenters. The first-order valence-corrected chi connectivity index (χ1v) is 6.05.